The molecule has 0 atom stereocenters. The van der Waals surface area contributed by atoms with Gasteiger partial charge in [-0.05, 0) is 35.9 Å². The van der Waals surface area contributed by atoms with Crippen LogP contribution in [-0.2, 0) is 9.53 Å². The van der Waals surface area contributed by atoms with Gasteiger partial charge in [0.2, 0.25) is 5.90 Å². The van der Waals surface area contributed by atoms with Crippen molar-refractivity contribution in [3.05, 3.63) is 78.9 Å². The standard InChI is InChI=1S/C16H8BrClN2O4/c17-11-3-1-2-10(8-11)15-19-13(16(21)24-15)6-9-4-5-12(18)14(7-9)20(22)23/h1-8H/b13-6-. The lowest BCUT2D eigenvalue weighted by molar-refractivity contribution is -0.384. The number of carbonyl (C=O) groups is 1. The summed E-state index contributed by atoms with van der Waals surface area (Å²) in [7, 11) is 0. The number of cyclic esters (lactones) is 1. The first kappa shape index (κ1) is 16.4. The Morgan fingerprint density at radius 1 is 1.25 bits per heavy atom. The number of nitro groups is 1. The molecule has 0 radical (unpaired) electrons. The van der Waals surface area contributed by atoms with E-state index in [4.69, 9.17) is 16.3 Å². The van der Waals surface area contributed by atoms with Gasteiger partial charge in [0.1, 0.15) is 5.02 Å². The fourth-order valence-electron chi connectivity index (χ4n) is 2.07. The highest BCUT2D eigenvalue weighted by Gasteiger charge is 2.24. The fourth-order valence-corrected chi connectivity index (χ4v) is 2.66. The molecule has 2 aromatic carbocycles. The van der Waals surface area contributed by atoms with Crippen molar-refractivity contribution >= 4 is 51.2 Å². The van der Waals surface area contributed by atoms with Gasteiger partial charge in [-0.1, -0.05) is 39.7 Å². The zero-order chi connectivity index (χ0) is 17.3. The number of nitro benzene ring substituents is 1. The molecule has 0 spiro atoms. The van der Waals surface area contributed by atoms with E-state index in [1.807, 2.05) is 6.07 Å². The second-order valence-electron chi connectivity index (χ2n) is 4.81. The van der Waals surface area contributed by atoms with Gasteiger partial charge in [0, 0.05) is 16.1 Å². The summed E-state index contributed by atoms with van der Waals surface area (Å²) >= 11 is 9.10. The van der Waals surface area contributed by atoms with Gasteiger partial charge in [-0.2, -0.15) is 0 Å². The van der Waals surface area contributed by atoms with Crippen LogP contribution >= 0.6 is 27.5 Å². The Morgan fingerprint density at radius 2 is 2.04 bits per heavy atom. The van der Waals surface area contributed by atoms with Gasteiger partial charge in [0.25, 0.3) is 5.69 Å². The minimum atomic E-state index is -0.623. The molecule has 0 saturated carbocycles. The van der Waals surface area contributed by atoms with Crippen molar-refractivity contribution in [2.24, 2.45) is 4.99 Å². The van der Waals surface area contributed by atoms with Crippen LogP contribution in [0.1, 0.15) is 11.1 Å². The topological polar surface area (TPSA) is 81.8 Å². The van der Waals surface area contributed by atoms with Gasteiger partial charge in [-0.3, -0.25) is 10.1 Å². The van der Waals surface area contributed by atoms with E-state index in [-0.39, 0.29) is 22.3 Å². The van der Waals surface area contributed by atoms with Crippen LogP contribution in [0.4, 0.5) is 5.69 Å². The van der Waals surface area contributed by atoms with Crippen LogP contribution in [0.3, 0.4) is 0 Å². The highest BCUT2D eigenvalue weighted by Crippen LogP contribution is 2.27. The van der Waals surface area contributed by atoms with E-state index in [0.717, 1.165) is 4.47 Å². The van der Waals surface area contributed by atoms with Gasteiger partial charge < -0.3 is 4.74 Å². The molecule has 0 aromatic heterocycles. The number of ether oxygens (including phenoxy) is 1. The average molecular weight is 408 g/mol. The summed E-state index contributed by atoms with van der Waals surface area (Å²) < 4.78 is 5.97. The molecule has 3 rings (SSSR count). The zero-order valence-corrected chi connectivity index (χ0v) is 14.2. The molecular formula is C16H8BrClN2O4. The SMILES string of the molecule is O=C1OC(c2cccc(Br)c2)=N/C1=C\c1ccc(Cl)c([N+](=O)[O-])c1. The number of aliphatic imine (C=N–C) groups is 1. The van der Waals surface area contributed by atoms with Crippen LogP contribution < -0.4 is 0 Å². The minimum absolute atomic E-state index is 0.0227. The third kappa shape index (κ3) is 3.37. The van der Waals surface area contributed by atoms with E-state index in [1.165, 1.54) is 18.2 Å². The van der Waals surface area contributed by atoms with Crippen molar-refractivity contribution in [3.8, 4) is 0 Å². The van der Waals surface area contributed by atoms with Crippen molar-refractivity contribution in [2.45, 2.75) is 0 Å². The van der Waals surface area contributed by atoms with Crippen LogP contribution in [0.25, 0.3) is 6.08 Å². The third-order valence-corrected chi connectivity index (χ3v) is 3.98. The first-order valence-corrected chi connectivity index (χ1v) is 7.83. The van der Waals surface area contributed by atoms with Crippen molar-refractivity contribution in [2.75, 3.05) is 0 Å². The van der Waals surface area contributed by atoms with E-state index >= 15 is 0 Å². The van der Waals surface area contributed by atoms with Crippen LogP contribution in [0.2, 0.25) is 5.02 Å². The summed E-state index contributed by atoms with van der Waals surface area (Å²) in [6.45, 7) is 0. The number of benzene rings is 2. The van der Waals surface area contributed by atoms with Crippen molar-refractivity contribution in [3.63, 3.8) is 0 Å². The molecule has 0 unspecified atom stereocenters. The van der Waals surface area contributed by atoms with Crippen molar-refractivity contribution in [1.29, 1.82) is 0 Å². The van der Waals surface area contributed by atoms with Gasteiger partial charge in [0.05, 0.1) is 4.92 Å². The summed E-state index contributed by atoms with van der Waals surface area (Å²) in [5, 5.41) is 10.9. The van der Waals surface area contributed by atoms with Crippen LogP contribution in [0.15, 0.2) is 57.6 Å². The Bertz CT molecular complexity index is 924. The third-order valence-electron chi connectivity index (χ3n) is 3.16. The molecule has 0 amide bonds. The molecule has 0 N–H and O–H groups in total. The number of esters is 1. The molecule has 1 aliphatic rings. The predicted octanol–water partition coefficient (Wildman–Crippen LogP) is 4.36. The average Bonchev–Trinajstić information content (AvgIpc) is 2.90. The largest absolute Gasteiger partial charge is 0.402 e. The number of hydrogen-bond acceptors (Lipinski definition) is 5. The molecule has 0 fully saturated rings. The Balaban J connectivity index is 1.97. The van der Waals surface area contributed by atoms with E-state index in [2.05, 4.69) is 20.9 Å². The second-order valence-corrected chi connectivity index (χ2v) is 6.14. The van der Waals surface area contributed by atoms with Gasteiger partial charge in [0.15, 0.2) is 5.70 Å². The normalized spacial score (nSPS) is 15.3. The summed E-state index contributed by atoms with van der Waals surface area (Å²) in [4.78, 5) is 26.4. The lowest BCUT2D eigenvalue weighted by atomic mass is 10.1. The Hall–Kier alpha value is -2.51. The Kier molecular flexibility index (Phi) is 4.46. The fraction of sp³-hybridized carbons (Fsp3) is 0. The Labute approximate surface area is 149 Å². The van der Waals surface area contributed by atoms with E-state index in [0.29, 0.717) is 11.1 Å². The zero-order valence-electron chi connectivity index (χ0n) is 11.9. The molecule has 2 aromatic rings. The number of hydrogen-bond donors (Lipinski definition) is 0. The molecule has 0 saturated heterocycles. The summed E-state index contributed by atoms with van der Waals surface area (Å²) in [5.41, 5.74) is 0.885. The number of rotatable bonds is 3. The number of carbonyl (C=O) groups excluding carboxylic acids is 1. The van der Waals surface area contributed by atoms with Crippen LogP contribution in [-0.4, -0.2) is 16.8 Å². The number of nitrogens with zero attached hydrogens (tertiary/aromatic N) is 2. The maximum atomic E-state index is 12.0. The Morgan fingerprint density at radius 3 is 2.75 bits per heavy atom. The highest BCUT2D eigenvalue weighted by molar-refractivity contribution is 9.10. The molecule has 1 heterocycles. The van der Waals surface area contributed by atoms with Gasteiger partial charge in [-0.15, -0.1) is 0 Å². The molecule has 24 heavy (non-hydrogen) atoms. The molecule has 6 nitrogen and oxygen atoms in total. The summed E-state index contributed by atoms with van der Waals surface area (Å²) in [6.07, 6.45) is 1.41. The number of halogens is 2. The second kappa shape index (κ2) is 6.54. The minimum Gasteiger partial charge on any atom is -0.402 e. The summed E-state index contributed by atoms with van der Waals surface area (Å²) in [5.74, 6) is -0.446. The first-order valence-electron chi connectivity index (χ1n) is 6.66. The molecule has 120 valence electrons. The smallest absolute Gasteiger partial charge is 0.363 e. The van der Waals surface area contributed by atoms with Crippen LogP contribution in [0, 0.1) is 10.1 Å². The van der Waals surface area contributed by atoms with E-state index < -0.39 is 10.9 Å². The molecule has 0 aliphatic carbocycles. The maximum absolute atomic E-state index is 12.0. The predicted molar refractivity (Wildman–Crippen MR) is 92.9 cm³/mol. The van der Waals surface area contributed by atoms with Crippen molar-refractivity contribution in [1.82, 2.24) is 0 Å². The molecule has 8 heteroatoms. The van der Waals surface area contributed by atoms with Crippen molar-refractivity contribution < 1.29 is 14.5 Å². The van der Waals surface area contributed by atoms with E-state index in [9.17, 15) is 14.9 Å². The van der Waals surface area contributed by atoms with Crippen LogP contribution in [0.5, 0.6) is 0 Å². The van der Waals surface area contributed by atoms with Gasteiger partial charge in [-0.25, -0.2) is 9.79 Å². The highest BCUT2D eigenvalue weighted by atomic mass is 79.9. The van der Waals surface area contributed by atoms with Gasteiger partial charge >= 0.3 is 5.97 Å². The lowest BCUT2D eigenvalue weighted by Crippen LogP contribution is -2.05. The summed E-state index contributed by atoms with van der Waals surface area (Å²) in [6, 6.07) is 11.4. The molecular weight excluding hydrogens is 400 g/mol. The monoisotopic (exact) mass is 406 g/mol. The quantitative estimate of drug-likeness (QED) is 0.328. The van der Waals surface area contributed by atoms with E-state index in [1.54, 1.807) is 24.3 Å². The maximum Gasteiger partial charge on any atom is 0.363 e. The lowest BCUT2D eigenvalue weighted by Gasteiger charge is -1.99. The molecule has 0 bridgehead atoms. The first-order chi connectivity index (χ1) is 11.4. The molecule has 1 aliphatic heterocycles.